The summed E-state index contributed by atoms with van der Waals surface area (Å²) in [4.78, 5) is 18.3. The lowest BCUT2D eigenvalue weighted by Gasteiger charge is -2.18. The highest BCUT2D eigenvalue weighted by atomic mass is 35.5. The summed E-state index contributed by atoms with van der Waals surface area (Å²) >= 11 is 5.47. The molecule has 0 saturated heterocycles. The van der Waals surface area contributed by atoms with Gasteiger partial charge in [0.15, 0.2) is 0 Å². The zero-order chi connectivity index (χ0) is 10.1. The fraction of sp³-hybridized carbons (Fsp3) is 0.375. The summed E-state index contributed by atoms with van der Waals surface area (Å²) in [6.45, 7) is 3.17. The molecule has 0 aliphatic rings. The fourth-order valence-electron chi connectivity index (χ4n) is 0.759. The molecule has 0 aromatic carbocycles. The van der Waals surface area contributed by atoms with Gasteiger partial charge in [-0.15, -0.1) is 0 Å². The largest absolute Gasteiger partial charge is 0.481 e. The van der Waals surface area contributed by atoms with Crippen molar-refractivity contribution < 1.29 is 9.90 Å². The van der Waals surface area contributed by atoms with Gasteiger partial charge in [-0.2, -0.15) is 0 Å². The number of aliphatic carboxylic acids is 1. The third kappa shape index (κ3) is 1.95. The van der Waals surface area contributed by atoms with E-state index in [1.165, 1.54) is 12.4 Å². The van der Waals surface area contributed by atoms with Crippen molar-refractivity contribution in [1.29, 1.82) is 0 Å². The maximum absolute atomic E-state index is 10.8. The molecule has 1 aromatic rings. The summed E-state index contributed by atoms with van der Waals surface area (Å²) in [5, 5.41) is 8.99. The first kappa shape index (κ1) is 9.92. The van der Waals surface area contributed by atoms with E-state index in [9.17, 15) is 4.79 Å². The summed E-state index contributed by atoms with van der Waals surface area (Å²) in [6, 6.07) is 0. The van der Waals surface area contributed by atoms with Gasteiger partial charge < -0.3 is 5.11 Å². The third-order valence-electron chi connectivity index (χ3n) is 1.88. The molecule has 13 heavy (non-hydrogen) atoms. The van der Waals surface area contributed by atoms with Crippen LogP contribution in [0, 0.1) is 0 Å². The predicted molar refractivity (Wildman–Crippen MR) is 47.7 cm³/mol. The summed E-state index contributed by atoms with van der Waals surface area (Å²) in [7, 11) is 0. The zero-order valence-corrected chi connectivity index (χ0v) is 8.04. The number of hydrogen-bond acceptors (Lipinski definition) is 3. The molecular formula is C8H9ClN2O2. The van der Waals surface area contributed by atoms with Gasteiger partial charge in [-0.3, -0.25) is 4.79 Å². The number of halogens is 1. The van der Waals surface area contributed by atoms with E-state index >= 15 is 0 Å². The second kappa shape index (κ2) is 3.30. The minimum atomic E-state index is -0.982. The van der Waals surface area contributed by atoms with Crippen molar-refractivity contribution in [3.05, 3.63) is 23.2 Å². The first-order chi connectivity index (χ1) is 5.94. The van der Waals surface area contributed by atoms with Gasteiger partial charge in [0.2, 0.25) is 5.28 Å². The van der Waals surface area contributed by atoms with Crippen molar-refractivity contribution in [2.75, 3.05) is 0 Å². The van der Waals surface area contributed by atoms with E-state index in [4.69, 9.17) is 16.7 Å². The molecule has 0 radical (unpaired) electrons. The lowest BCUT2D eigenvalue weighted by Crippen LogP contribution is -2.28. The van der Waals surface area contributed by atoms with E-state index in [1.807, 2.05) is 0 Å². The summed E-state index contributed by atoms with van der Waals surface area (Å²) in [5.41, 5.74) is -0.450. The van der Waals surface area contributed by atoms with Crippen LogP contribution in [0.5, 0.6) is 0 Å². The second-order valence-corrected chi connectivity index (χ2v) is 3.51. The van der Waals surface area contributed by atoms with E-state index in [0.29, 0.717) is 5.56 Å². The molecular weight excluding hydrogens is 192 g/mol. The Morgan fingerprint density at radius 3 is 2.31 bits per heavy atom. The SMILES string of the molecule is CC(C)(C(=O)O)c1cnc(Cl)nc1. The Hall–Kier alpha value is -1.16. The molecule has 70 valence electrons. The van der Waals surface area contributed by atoms with Crippen molar-refractivity contribution >= 4 is 17.6 Å². The maximum atomic E-state index is 10.8. The monoisotopic (exact) mass is 200 g/mol. The summed E-state index contributed by atoms with van der Waals surface area (Å²) in [5.74, 6) is -0.918. The average Bonchev–Trinajstić information content (AvgIpc) is 2.04. The predicted octanol–water partition coefficient (Wildman–Crippen LogP) is 1.49. The van der Waals surface area contributed by atoms with Crippen molar-refractivity contribution in [2.45, 2.75) is 19.3 Å². The molecule has 0 saturated carbocycles. The molecule has 1 heterocycles. The number of carboxylic acids is 1. The van der Waals surface area contributed by atoms with Crippen molar-refractivity contribution in [3.8, 4) is 0 Å². The van der Waals surface area contributed by atoms with E-state index < -0.39 is 11.4 Å². The van der Waals surface area contributed by atoms with Crippen molar-refractivity contribution in [3.63, 3.8) is 0 Å². The molecule has 5 heteroatoms. The lowest BCUT2D eigenvalue weighted by atomic mass is 9.87. The molecule has 0 unspecified atom stereocenters. The fourth-order valence-corrected chi connectivity index (χ4v) is 0.856. The molecule has 0 bridgehead atoms. The number of carbonyl (C=O) groups is 1. The van der Waals surface area contributed by atoms with Gasteiger partial charge in [0.05, 0.1) is 5.41 Å². The van der Waals surface area contributed by atoms with Crippen LogP contribution < -0.4 is 0 Å². The average molecular weight is 201 g/mol. The molecule has 0 aliphatic heterocycles. The zero-order valence-electron chi connectivity index (χ0n) is 7.28. The van der Waals surface area contributed by atoms with Crippen LogP contribution in [0.4, 0.5) is 0 Å². The van der Waals surface area contributed by atoms with Gasteiger partial charge >= 0.3 is 5.97 Å². The summed E-state index contributed by atoms with van der Waals surface area (Å²) in [6.07, 6.45) is 2.84. The number of hydrogen-bond donors (Lipinski definition) is 1. The first-order valence-electron chi connectivity index (χ1n) is 3.66. The van der Waals surface area contributed by atoms with Crippen LogP contribution in [0.2, 0.25) is 5.28 Å². The van der Waals surface area contributed by atoms with Crippen LogP contribution in [0.3, 0.4) is 0 Å². The molecule has 1 N–H and O–H groups in total. The van der Waals surface area contributed by atoms with Crippen LogP contribution in [-0.2, 0) is 10.2 Å². The number of nitrogens with zero attached hydrogens (tertiary/aromatic N) is 2. The van der Waals surface area contributed by atoms with E-state index in [-0.39, 0.29) is 5.28 Å². The normalized spacial score (nSPS) is 11.3. The highest BCUT2D eigenvalue weighted by molar-refractivity contribution is 6.28. The minimum absolute atomic E-state index is 0.116. The Morgan fingerprint density at radius 2 is 1.92 bits per heavy atom. The van der Waals surface area contributed by atoms with Crippen LogP contribution in [0.15, 0.2) is 12.4 Å². The van der Waals surface area contributed by atoms with Gasteiger partial charge in [0, 0.05) is 18.0 Å². The van der Waals surface area contributed by atoms with Gasteiger partial charge in [0.1, 0.15) is 0 Å². The number of rotatable bonds is 2. The van der Waals surface area contributed by atoms with Gasteiger partial charge in [0.25, 0.3) is 0 Å². The molecule has 0 spiro atoms. The maximum Gasteiger partial charge on any atom is 0.313 e. The van der Waals surface area contributed by atoms with Crippen molar-refractivity contribution in [2.24, 2.45) is 0 Å². The Labute approximate surface area is 80.6 Å². The Balaban J connectivity index is 3.08. The summed E-state index contributed by atoms with van der Waals surface area (Å²) < 4.78 is 0. The molecule has 0 atom stereocenters. The molecule has 1 aromatic heterocycles. The number of aromatic nitrogens is 2. The van der Waals surface area contributed by atoms with E-state index in [1.54, 1.807) is 13.8 Å². The molecule has 0 fully saturated rings. The smallest absolute Gasteiger partial charge is 0.313 e. The third-order valence-corrected chi connectivity index (χ3v) is 2.07. The standard InChI is InChI=1S/C8H9ClN2O2/c1-8(2,6(12)13)5-3-10-7(9)11-4-5/h3-4H,1-2H3,(H,12,13). The minimum Gasteiger partial charge on any atom is -0.481 e. The van der Waals surface area contributed by atoms with Crippen LogP contribution >= 0.6 is 11.6 Å². The van der Waals surface area contributed by atoms with E-state index in [2.05, 4.69) is 9.97 Å². The van der Waals surface area contributed by atoms with Crippen LogP contribution in [0.25, 0.3) is 0 Å². The first-order valence-corrected chi connectivity index (χ1v) is 4.04. The van der Waals surface area contributed by atoms with Crippen molar-refractivity contribution in [1.82, 2.24) is 9.97 Å². The topological polar surface area (TPSA) is 63.1 Å². The van der Waals surface area contributed by atoms with Gasteiger partial charge in [-0.1, -0.05) is 0 Å². The quantitative estimate of drug-likeness (QED) is 0.735. The Kier molecular flexibility index (Phi) is 2.52. The van der Waals surface area contributed by atoms with Crippen LogP contribution in [0.1, 0.15) is 19.4 Å². The second-order valence-electron chi connectivity index (χ2n) is 3.17. The highest BCUT2D eigenvalue weighted by Gasteiger charge is 2.29. The molecule has 0 amide bonds. The van der Waals surface area contributed by atoms with Gasteiger partial charge in [-0.25, -0.2) is 9.97 Å². The molecule has 0 aliphatic carbocycles. The Bertz CT molecular complexity index is 321. The highest BCUT2D eigenvalue weighted by Crippen LogP contribution is 2.22. The van der Waals surface area contributed by atoms with Crippen LogP contribution in [-0.4, -0.2) is 21.0 Å². The number of carboxylic acid groups (broad SMARTS) is 1. The molecule has 4 nitrogen and oxygen atoms in total. The van der Waals surface area contributed by atoms with Gasteiger partial charge in [-0.05, 0) is 25.4 Å². The van der Waals surface area contributed by atoms with E-state index in [0.717, 1.165) is 0 Å². The molecule has 1 rings (SSSR count). The Morgan fingerprint density at radius 1 is 1.46 bits per heavy atom. The lowest BCUT2D eigenvalue weighted by molar-refractivity contribution is -0.142.